The molecule has 0 unspecified atom stereocenters. The lowest BCUT2D eigenvalue weighted by Crippen LogP contribution is -2.05. The maximum atomic E-state index is 13.0. The van der Waals surface area contributed by atoms with E-state index < -0.39 is 22.4 Å². The summed E-state index contributed by atoms with van der Waals surface area (Å²) < 4.78 is 39.5. The molecule has 0 radical (unpaired) electrons. The molecule has 0 spiro atoms. The van der Waals surface area contributed by atoms with E-state index in [2.05, 4.69) is 10.2 Å². The maximum absolute atomic E-state index is 13.0. The lowest BCUT2D eigenvalue weighted by Gasteiger charge is -2.03. The molecule has 0 saturated heterocycles. The topological polar surface area (TPSA) is 47.8 Å². The van der Waals surface area contributed by atoms with Gasteiger partial charge in [0.1, 0.15) is 11.6 Å². The van der Waals surface area contributed by atoms with E-state index in [0.29, 0.717) is 11.6 Å². The Balaban J connectivity index is 2.22. The Morgan fingerprint density at radius 1 is 1.28 bits per heavy atom. The van der Waals surface area contributed by atoms with E-state index in [-0.39, 0.29) is 10.6 Å². The second kappa shape index (κ2) is 4.93. The third-order valence-electron chi connectivity index (χ3n) is 2.60. The normalized spacial score (nSPS) is 12.7. The maximum Gasteiger partial charge on any atom is 0.160 e. The Morgan fingerprint density at radius 2 is 2.00 bits per heavy atom. The van der Waals surface area contributed by atoms with Crippen molar-refractivity contribution in [2.24, 2.45) is 7.05 Å². The van der Waals surface area contributed by atoms with Gasteiger partial charge >= 0.3 is 0 Å². The summed E-state index contributed by atoms with van der Waals surface area (Å²) in [7, 11) is 0.277. The van der Waals surface area contributed by atoms with Crippen LogP contribution in [0.4, 0.5) is 8.78 Å². The summed E-state index contributed by atoms with van der Waals surface area (Å²) in [5.41, 5.74) is 0. The predicted molar refractivity (Wildman–Crippen MR) is 62.2 cm³/mol. The molecule has 2 rings (SSSR count). The van der Waals surface area contributed by atoms with Crippen LogP contribution in [-0.4, -0.2) is 19.0 Å². The SMILES string of the molecule is Cc1nnc(C[S@](=O)c2ccc(F)c(F)c2)n1C. The molecular weight excluding hydrogens is 260 g/mol. The van der Waals surface area contributed by atoms with Gasteiger partial charge in [0.25, 0.3) is 0 Å². The molecule has 2 aromatic rings. The Hall–Kier alpha value is -1.63. The first-order valence-electron chi connectivity index (χ1n) is 5.17. The molecule has 0 N–H and O–H groups in total. The minimum atomic E-state index is -1.48. The van der Waals surface area contributed by atoms with Crippen molar-refractivity contribution in [2.45, 2.75) is 17.6 Å². The number of hydrogen-bond donors (Lipinski definition) is 0. The standard InChI is InChI=1S/C11H11F2N3OS/c1-7-14-15-11(16(7)2)6-18(17)8-3-4-9(12)10(13)5-8/h3-5H,6H2,1-2H3/t18-/m0/s1. The number of rotatable bonds is 3. The molecule has 0 bridgehead atoms. The molecule has 7 heteroatoms. The largest absolute Gasteiger partial charge is 0.318 e. The summed E-state index contributed by atoms with van der Waals surface area (Å²) in [5, 5.41) is 7.71. The highest BCUT2D eigenvalue weighted by Crippen LogP contribution is 2.15. The van der Waals surface area contributed by atoms with Gasteiger partial charge in [-0.15, -0.1) is 10.2 Å². The summed E-state index contributed by atoms with van der Waals surface area (Å²) in [6, 6.07) is 3.21. The number of aromatic nitrogens is 3. The lowest BCUT2D eigenvalue weighted by atomic mass is 10.3. The van der Waals surface area contributed by atoms with Crippen molar-refractivity contribution in [2.75, 3.05) is 0 Å². The van der Waals surface area contributed by atoms with Crippen LogP contribution in [-0.2, 0) is 23.6 Å². The van der Waals surface area contributed by atoms with E-state index in [1.807, 2.05) is 0 Å². The van der Waals surface area contributed by atoms with E-state index in [1.165, 1.54) is 6.07 Å². The molecule has 0 fully saturated rings. The Labute approximate surface area is 105 Å². The van der Waals surface area contributed by atoms with Gasteiger partial charge in [-0.1, -0.05) is 0 Å². The van der Waals surface area contributed by atoms with Crippen molar-refractivity contribution >= 4 is 10.8 Å². The van der Waals surface area contributed by atoms with Crippen molar-refractivity contribution in [1.82, 2.24) is 14.8 Å². The van der Waals surface area contributed by atoms with Crippen LogP contribution in [0.1, 0.15) is 11.6 Å². The molecule has 0 amide bonds. The first kappa shape index (κ1) is 12.8. The van der Waals surface area contributed by atoms with Gasteiger partial charge in [0, 0.05) is 11.9 Å². The number of hydrogen-bond acceptors (Lipinski definition) is 3. The van der Waals surface area contributed by atoms with Gasteiger partial charge in [0.05, 0.1) is 16.6 Å². The van der Waals surface area contributed by atoms with Crippen LogP contribution < -0.4 is 0 Å². The molecule has 1 heterocycles. The molecular formula is C11H11F2N3OS. The van der Waals surface area contributed by atoms with E-state index in [9.17, 15) is 13.0 Å². The minimum absolute atomic E-state index is 0.114. The van der Waals surface area contributed by atoms with Crippen molar-refractivity contribution in [3.63, 3.8) is 0 Å². The van der Waals surface area contributed by atoms with Crippen LogP contribution in [0.25, 0.3) is 0 Å². The van der Waals surface area contributed by atoms with Gasteiger partial charge in [-0.2, -0.15) is 0 Å². The van der Waals surface area contributed by atoms with Gasteiger partial charge in [0.15, 0.2) is 11.6 Å². The van der Waals surface area contributed by atoms with Crippen LogP contribution in [0, 0.1) is 18.6 Å². The molecule has 1 aromatic carbocycles. The molecule has 0 saturated carbocycles. The summed E-state index contributed by atoms with van der Waals surface area (Å²) in [6.45, 7) is 1.77. The number of aryl methyl sites for hydroxylation is 1. The lowest BCUT2D eigenvalue weighted by molar-refractivity contribution is 0.505. The van der Waals surface area contributed by atoms with E-state index in [4.69, 9.17) is 0 Å². The monoisotopic (exact) mass is 271 g/mol. The average Bonchev–Trinajstić information content (AvgIpc) is 2.64. The summed E-state index contributed by atoms with van der Waals surface area (Å²) in [6.07, 6.45) is 0. The fraction of sp³-hybridized carbons (Fsp3) is 0.273. The van der Waals surface area contributed by atoms with E-state index in [0.717, 1.165) is 12.1 Å². The van der Waals surface area contributed by atoms with Crippen LogP contribution in [0.2, 0.25) is 0 Å². The van der Waals surface area contributed by atoms with Crippen LogP contribution >= 0.6 is 0 Å². The van der Waals surface area contributed by atoms with Crippen molar-refractivity contribution in [3.05, 3.63) is 41.5 Å². The van der Waals surface area contributed by atoms with Crippen molar-refractivity contribution < 1.29 is 13.0 Å². The van der Waals surface area contributed by atoms with E-state index in [1.54, 1.807) is 18.5 Å². The molecule has 96 valence electrons. The molecule has 4 nitrogen and oxygen atoms in total. The van der Waals surface area contributed by atoms with Crippen LogP contribution in [0.5, 0.6) is 0 Å². The third kappa shape index (κ3) is 2.45. The van der Waals surface area contributed by atoms with Crippen molar-refractivity contribution in [3.8, 4) is 0 Å². The molecule has 0 aliphatic rings. The third-order valence-corrected chi connectivity index (χ3v) is 3.90. The van der Waals surface area contributed by atoms with E-state index >= 15 is 0 Å². The molecule has 1 atom stereocenters. The van der Waals surface area contributed by atoms with Crippen LogP contribution in [0.15, 0.2) is 23.1 Å². The molecule has 0 aliphatic heterocycles. The number of halogens is 2. The predicted octanol–water partition coefficient (Wildman–Crippen LogP) is 1.71. The zero-order valence-electron chi connectivity index (χ0n) is 9.85. The highest BCUT2D eigenvalue weighted by molar-refractivity contribution is 7.84. The second-order valence-electron chi connectivity index (χ2n) is 3.79. The fourth-order valence-corrected chi connectivity index (χ4v) is 2.50. The quantitative estimate of drug-likeness (QED) is 0.854. The highest BCUT2D eigenvalue weighted by Gasteiger charge is 2.13. The van der Waals surface area contributed by atoms with Crippen LogP contribution in [0.3, 0.4) is 0 Å². The Morgan fingerprint density at radius 3 is 2.56 bits per heavy atom. The molecule has 1 aromatic heterocycles. The number of nitrogens with zero attached hydrogens (tertiary/aromatic N) is 3. The van der Waals surface area contributed by atoms with Gasteiger partial charge in [-0.05, 0) is 25.1 Å². The number of benzene rings is 1. The first-order valence-corrected chi connectivity index (χ1v) is 6.49. The molecule has 0 aliphatic carbocycles. The van der Waals surface area contributed by atoms with Gasteiger partial charge in [-0.3, -0.25) is 4.21 Å². The first-order chi connectivity index (χ1) is 8.49. The zero-order valence-corrected chi connectivity index (χ0v) is 10.7. The zero-order chi connectivity index (χ0) is 13.3. The van der Waals surface area contributed by atoms with Gasteiger partial charge in [0.2, 0.25) is 0 Å². The summed E-state index contributed by atoms with van der Waals surface area (Å²) in [4.78, 5) is 0.231. The Kier molecular flexibility index (Phi) is 3.51. The Bertz CT molecular complexity index is 612. The van der Waals surface area contributed by atoms with Gasteiger partial charge in [-0.25, -0.2) is 8.78 Å². The average molecular weight is 271 g/mol. The highest BCUT2D eigenvalue weighted by atomic mass is 32.2. The smallest absolute Gasteiger partial charge is 0.160 e. The fourth-order valence-electron chi connectivity index (χ4n) is 1.40. The second-order valence-corrected chi connectivity index (χ2v) is 5.24. The minimum Gasteiger partial charge on any atom is -0.318 e. The van der Waals surface area contributed by atoms with Gasteiger partial charge < -0.3 is 4.57 Å². The summed E-state index contributed by atoms with van der Waals surface area (Å²) >= 11 is 0. The summed E-state index contributed by atoms with van der Waals surface area (Å²) in [5.74, 6) is -0.606. The molecule has 18 heavy (non-hydrogen) atoms. The van der Waals surface area contributed by atoms with Crippen molar-refractivity contribution in [1.29, 1.82) is 0 Å².